The van der Waals surface area contributed by atoms with Crippen LogP contribution in [-0.4, -0.2) is 137 Å². The van der Waals surface area contributed by atoms with Crippen molar-refractivity contribution in [2.75, 3.05) is 51.0 Å². The number of amides is 5. The summed E-state index contributed by atoms with van der Waals surface area (Å²) in [4.78, 5) is 108. The summed E-state index contributed by atoms with van der Waals surface area (Å²) in [6.07, 6.45) is -2.75. The molecule has 0 radical (unpaired) electrons. The number of nitrogens with zero attached hydrogens (tertiary/aromatic N) is 2. The summed E-state index contributed by atoms with van der Waals surface area (Å²) >= 11 is 13.8. The van der Waals surface area contributed by atoms with Gasteiger partial charge in [-0.15, -0.1) is 45.9 Å². The van der Waals surface area contributed by atoms with Crippen LogP contribution >= 0.6 is 45.9 Å². The average molecular weight is 1020 g/mol. The van der Waals surface area contributed by atoms with Crippen molar-refractivity contribution in [2.24, 2.45) is 23.7 Å². The summed E-state index contributed by atoms with van der Waals surface area (Å²) in [5.41, 5.74) is 3.86. The molecular formula is C42H63Cl2F3N6O11S2. The maximum atomic E-state index is 12.9. The molecule has 2 aliphatic heterocycles. The minimum absolute atomic E-state index is 0. The van der Waals surface area contributed by atoms with Crippen LogP contribution in [0.5, 0.6) is 0 Å². The summed E-state index contributed by atoms with van der Waals surface area (Å²) in [5, 5.41) is 28.8. The van der Waals surface area contributed by atoms with Crippen LogP contribution in [0, 0.1) is 23.7 Å². The quantitative estimate of drug-likeness (QED) is 0.128. The number of carboxylic acids is 2. The van der Waals surface area contributed by atoms with Crippen LogP contribution in [0.3, 0.4) is 0 Å². The fourth-order valence-electron chi connectivity index (χ4n) is 5.94. The van der Waals surface area contributed by atoms with Crippen LogP contribution in [0.2, 0.25) is 0 Å². The zero-order valence-corrected chi connectivity index (χ0v) is 38.9. The lowest BCUT2D eigenvalue weighted by Crippen LogP contribution is -2.67. The number of aliphatic carboxylic acids is 1. The number of quaternary nitrogens is 1. The van der Waals surface area contributed by atoms with Gasteiger partial charge in [-0.1, -0.05) is 54.7 Å². The Balaban J connectivity index is 0. The Bertz CT molecular complexity index is 1860. The fraction of sp³-hybridized carbons (Fsp3) is 0.595. The van der Waals surface area contributed by atoms with Crippen molar-refractivity contribution in [1.82, 2.24) is 25.8 Å². The van der Waals surface area contributed by atoms with E-state index in [2.05, 4.69) is 21.7 Å². The highest BCUT2D eigenvalue weighted by atomic mass is 35.5. The molecule has 4 atom stereocenters. The first kappa shape index (κ1) is 63.4. The number of nitrogens with one attached hydrogen (secondary N) is 3. The van der Waals surface area contributed by atoms with Gasteiger partial charge in [0.2, 0.25) is 29.4 Å². The number of rotatable bonds is 19. The molecule has 2 aromatic heterocycles. The Morgan fingerprint density at radius 1 is 0.803 bits per heavy atom. The van der Waals surface area contributed by atoms with Gasteiger partial charge in [0.25, 0.3) is 5.91 Å². The molecule has 7 N–H and O–H groups in total. The molecule has 4 rings (SSSR count). The number of carboxylic acid groups (broad SMARTS) is 2. The molecule has 0 aromatic carbocycles. The van der Waals surface area contributed by atoms with Crippen molar-refractivity contribution in [2.45, 2.75) is 86.5 Å². The minimum Gasteiger partial charge on any atom is -0.542 e. The van der Waals surface area contributed by atoms with Crippen molar-refractivity contribution in [1.29, 1.82) is 0 Å². The number of thiophene rings is 2. The molecule has 0 unspecified atom stereocenters. The first-order valence-corrected chi connectivity index (χ1v) is 22.7. The molecule has 0 bridgehead atoms. The molecule has 5 amide bonds. The van der Waals surface area contributed by atoms with E-state index in [1.807, 2.05) is 27.7 Å². The molecule has 2 aromatic rings. The van der Waals surface area contributed by atoms with E-state index in [1.165, 1.54) is 32.5 Å². The Hall–Kier alpha value is -4.64. The van der Waals surface area contributed by atoms with Gasteiger partial charge in [-0.3, -0.25) is 33.6 Å². The molecule has 0 spiro atoms. The van der Waals surface area contributed by atoms with Crippen LogP contribution in [-0.2, 0) is 33.6 Å². The summed E-state index contributed by atoms with van der Waals surface area (Å²) < 4.78 is 31.5. The predicted octanol–water partition coefficient (Wildman–Crippen LogP) is 3.10. The molecule has 0 aliphatic carbocycles. The number of ketones is 2. The predicted molar refractivity (Wildman–Crippen MR) is 244 cm³/mol. The van der Waals surface area contributed by atoms with Crippen LogP contribution < -0.4 is 26.8 Å². The molecule has 24 heteroatoms. The van der Waals surface area contributed by atoms with E-state index in [9.17, 15) is 51.5 Å². The molecule has 2 fully saturated rings. The third-order valence-electron chi connectivity index (χ3n) is 9.16. The zero-order valence-electron chi connectivity index (χ0n) is 35.8. The Morgan fingerprint density at radius 3 is 1.52 bits per heavy atom. The topological polar surface area (TPSA) is 267 Å². The van der Waals surface area contributed by atoms with Crippen molar-refractivity contribution >= 4 is 98.9 Å². The zero-order chi connectivity index (χ0) is 48.7. The van der Waals surface area contributed by atoms with Crippen LogP contribution in [0.1, 0.15) is 87.6 Å². The standard InChI is InChI=1S/C19H26ClN3O4S.C14H24ClN3O3.C5H4O2S.C2HF3O2.2CH4/c1-12(2)8-14(22-19(27)16-4-3-7-28-16)15(24)11-23(17(25)9-20)10-13-5-6-21-18(13)26;1-9(2)5-11(16)12(19)8-18(13(20)6-15)7-10-3-4-17-14(10)21;6-5(7)4-2-1-3-8-4;3-2(4,5)1(6)7;;/h3-4,7,12-14H,5-6,8-11H2,1-2H3,(H,21,26)(H,22,27);9-11H,3-8,16H2,1-2H3,(H,17,21);1-3H,(H,6,7);(H,6,7);2*1H4/t13-,14-;10-,11-;;;;/m00..../s1. The van der Waals surface area contributed by atoms with Crippen molar-refractivity contribution in [3.63, 3.8) is 0 Å². The van der Waals surface area contributed by atoms with Gasteiger partial charge >= 0.3 is 12.1 Å². The fourth-order valence-corrected chi connectivity index (χ4v) is 7.47. The van der Waals surface area contributed by atoms with Crippen LogP contribution in [0.4, 0.5) is 13.2 Å². The Labute approximate surface area is 401 Å². The second-order valence-corrected chi connectivity index (χ2v) is 17.8. The highest BCUT2D eigenvalue weighted by Crippen LogP contribution is 2.16. The summed E-state index contributed by atoms with van der Waals surface area (Å²) in [5.74, 6) is -5.92. The number of halogens is 5. The van der Waals surface area contributed by atoms with Crippen molar-refractivity contribution in [3.05, 3.63) is 44.8 Å². The van der Waals surface area contributed by atoms with E-state index >= 15 is 0 Å². The third kappa shape index (κ3) is 24.2. The Kier molecular flexibility index (Phi) is 30.9. The monoisotopic (exact) mass is 1020 g/mol. The minimum atomic E-state index is -5.19. The molecule has 374 valence electrons. The molecule has 0 saturated carbocycles. The summed E-state index contributed by atoms with van der Waals surface area (Å²) in [7, 11) is 0. The number of alkyl halides is 5. The van der Waals surface area contributed by atoms with E-state index < -0.39 is 30.1 Å². The van der Waals surface area contributed by atoms with Crippen molar-refractivity contribution in [3.8, 4) is 0 Å². The molecular weight excluding hydrogens is 957 g/mol. The SMILES string of the molecule is C.C.CC(C)C[C@H](NC(=O)c1cccs1)C(=O)CN(C[C@@H]1CCNC1=O)C(=O)CCl.CC(C)C[C@H]([NH3+])C(=O)CN(C[C@@H]1CCNC1=O)C(=O)CCl.O=C(O)c1cccs1.O=C([O-])C(F)(F)F. The molecule has 66 heavy (non-hydrogen) atoms. The summed E-state index contributed by atoms with van der Waals surface area (Å²) in [6.45, 7) is 9.34. The average Bonchev–Trinajstić information content (AvgIpc) is 4.07. The maximum absolute atomic E-state index is 12.9. The van der Waals surface area contributed by atoms with E-state index in [1.54, 1.807) is 35.0 Å². The number of aromatic carboxylic acids is 1. The van der Waals surface area contributed by atoms with E-state index in [4.69, 9.17) is 38.2 Å². The van der Waals surface area contributed by atoms with E-state index in [0.29, 0.717) is 54.4 Å². The van der Waals surface area contributed by atoms with Gasteiger partial charge in [0.1, 0.15) is 28.6 Å². The normalized spacial score (nSPS) is 15.8. The van der Waals surface area contributed by atoms with Gasteiger partial charge in [-0.2, -0.15) is 13.2 Å². The van der Waals surface area contributed by atoms with E-state index in [0.717, 1.165) is 0 Å². The molecule has 2 aliphatic rings. The molecule has 4 heterocycles. The van der Waals surface area contributed by atoms with Gasteiger partial charge in [0.15, 0.2) is 5.78 Å². The molecule has 17 nitrogen and oxygen atoms in total. The number of carbonyl (C=O) groups is 9. The van der Waals surface area contributed by atoms with Crippen LogP contribution in [0.15, 0.2) is 35.0 Å². The van der Waals surface area contributed by atoms with E-state index in [-0.39, 0.29) is 112 Å². The first-order chi connectivity index (χ1) is 29.9. The lowest BCUT2D eigenvalue weighted by Gasteiger charge is -2.26. The van der Waals surface area contributed by atoms with Gasteiger partial charge in [-0.25, -0.2) is 4.79 Å². The van der Waals surface area contributed by atoms with Crippen LogP contribution in [0.25, 0.3) is 0 Å². The lowest BCUT2D eigenvalue weighted by molar-refractivity contribution is -0.406. The number of hydrogen-bond donors (Lipinski definition) is 5. The highest BCUT2D eigenvalue weighted by Gasteiger charge is 2.33. The van der Waals surface area contributed by atoms with Gasteiger partial charge < -0.3 is 46.5 Å². The lowest BCUT2D eigenvalue weighted by atomic mass is 9.99. The largest absolute Gasteiger partial charge is 0.542 e. The smallest absolute Gasteiger partial charge is 0.430 e. The molecule has 2 saturated heterocycles. The first-order valence-electron chi connectivity index (χ1n) is 19.9. The highest BCUT2D eigenvalue weighted by molar-refractivity contribution is 7.12. The van der Waals surface area contributed by atoms with Gasteiger partial charge in [0, 0.05) is 32.6 Å². The number of Topliss-reactive ketones (excluding diaryl/α,β-unsaturated/α-hetero) is 2. The Morgan fingerprint density at radius 2 is 1.21 bits per heavy atom. The van der Waals surface area contributed by atoms with Gasteiger partial charge in [-0.05, 0) is 54.0 Å². The van der Waals surface area contributed by atoms with Crippen molar-refractivity contribution < 1.29 is 72.3 Å². The van der Waals surface area contributed by atoms with Gasteiger partial charge in [0.05, 0.1) is 35.8 Å². The second-order valence-electron chi connectivity index (χ2n) is 15.3. The second kappa shape index (κ2) is 32.1. The number of carbonyl (C=O) groups excluding carboxylic acids is 8. The summed E-state index contributed by atoms with van der Waals surface area (Å²) in [6, 6.07) is 5.71. The maximum Gasteiger partial charge on any atom is 0.430 e. The third-order valence-corrected chi connectivity index (χ3v) is 11.3. The number of hydrogen-bond acceptors (Lipinski definition) is 12.